The number of fused-ring (bicyclic) bond motifs is 1. The summed E-state index contributed by atoms with van der Waals surface area (Å²) in [6.45, 7) is 0.0558. The quantitative estimate of drug-likeness (QED) is 0.852. The number of sulfonamides is 1. The Morgan fingerprint density at radius 3 is 2.78 bits per heavy atom. The van der Waals surface area contributed by atoms with Crippen molar-refractivity contribution in [3.63, 3.8) is 0 Å². The molecule has 1 heterocycles. The fourth-order valence-electron chi connectivity index (χ4n) is 2.00. The Bertz CT molecular complexity index is 525. The molecule has 100 valence electrons. The maximum absolute atomic E-state index is 11.8. The molecule has 0 fully saturated rings. The van der Waals surface area contributed by atoms with Crippen molar-refractivity contribution in [2.24, 2.45) is 5.14 Å². The van der Waals surface area contributed by atoms with Crippen LogP contribution in [0.25, 0.3) is 0 Å². The Labute approximate surface area is 110 Å². The van der Waals surface area contributed by atoms with Gasteiger partial charge in [0.25, 0.3) is 5.91 Å². The largest absolute Gasteiger partial charge is 0.350 e. The first kappa shape index (κ1) is 13.5. The summed E-state index contributed by atoms with van der Waals surface area (Å²) in [5, 5.41) is 7.44. The van der Waals surface area contributed by atoms with Gasteiger partial charge in [-0.15, -0.1) is 11.3 Å². The van der Waals surface area contributed by atoms with Crippen molar-refractivity contribution in [3.05, 3.63) is 21.4 Å². The minimum atomic E-state index is -3.52. The van der Waals surface area contributed by atoms with Crippen molar-refractivity contribution >= 4 is 27.3 Å². The van der Waals surface area contributed by atoms with Crippen molar-refractivity contribution < 1.29 is 13.2 Å². The molecule has 5 nitrogen and oxygen atoms in total. The number of aryl methyl sites for hydroxylation is 2. The zero-order valence-corrected chi connectivity index (χ0v) is 11.6. The number of hydrogen-bond donors (Lipinski definition) is 2. The van der Waals surface area contributed by atoms with Crippen LogP contribution in [0.1, 0.15) is 33.0 Å². The number of primary sulfonamides is 1. The molecule has 3 N–H and O–H groups in total. The Hall–Kier alpha value is -0.920. The van der Waals surface area contributed by atoms with E-state index in [1.54, 1.807) is 0 Å². The number of thiophene rings is 1. The molecule has 0 atom stereocenters. The van der Waals surface area contributed by atoms with E-state index in [1.807, 2.05) is 6.07 Å². The van der Waals surface area contributed by atoms with Gasteiger partial charge >= 0.3 is 0 Å². The highest BCUT2D eigenvalue weighted by molar-refractivity contribution is 7.89. The summed E-state index contributed by atoms with van der Waals surface area (Å²) in [6, 6.07) is 1.92. The third kappa shape index (κ3) is 3.54. The number of carbonyl (C=O) groups is 1. The minimum Gasteiger partial charge on any atom is -0.350 e. The molecule has 0 saturated carbocycles. The van der Waals surface area contributed by atoms with Gasteiger partial charge in [0.2, 0.25) is 10.0 Å². The number of amides is 1. The van der Waals surface area contributed by atoms with Crippen LogP contribution in [0.15, 0.2) is 6.07 Å². The molecular weight excluding hydrogens is 272 g/mol. The Kier molecular flexibility index (Phi) is 4.04. The first-order valence-corrected chi connectivity index (χ1v) is 8.39. The summed E-state index contributed by atoms with van der Waals surface area (Å²) in [6.07, 6.45) is 4.44. The molecule has 0 aliphatic heterocycles. The molecular formula is C11H16N2O3S2. The number of hydrogen-bond acceptors (Lipinski definition) is 4. The molecule has 1 aromatic heterocycles. The SMILES string of the molecule is NS(=O)(=O)CCNC(=O)c1cc2c(s1)CCCC2. The molecule has 0 unspecified atom stereocenters. The normalized spacial score (nSPS) is 15.2. The van der Waals surface area contributed by atoms with Crippen LogP contribution in [0.4, 0.5) is 0 Å². The van der Waals surface area contributed by atoms with E-state index < -0.39 is 10.0 Å². The summed E-state index contributed by atoms with van der Waals surface area (Å²) in [4.78, 5) is 13.8. The first-order valence-electron chi connectivity index (χ1n) is 5.86. The maximum atomic E-state index is 11.8. The van der Waals surface area contributed by atoms with Crippen LogP contribution < -0.4 is 10.5 Å². The van der Waals surface area contributed by atoms with Crippen molar-refractivity contribution in [1.82, 2.24) is 5.32 Å². The van der Waals surface area contributed by atoms with Gasteiger partial charge in [0, 0.05) is 11.4 Å². The Morgan fingerprint density at radius 2 is 2.11 bits per heavy atom. The van der Waals surface area contributed by atoms with Gasteiger partial charge in [-0.25, -0.2) is 13.6 Å². The second-order valence-corrected chi connectivity index (χ2v) is 7.26. The standard InChI is InChI=1S/C11H16N2O3S2/c12-18(15,16)6-5-13-11(14)10-7-8-3-1-2-4-9(8)17-10/h7H,1-6H2,(H,13,14)(H2,12,15,16). The van der Waals surface area contributed by atoms with Crippen molar-refractivity contribution in [3.8, 4) is 0 Å². The fourth-order valence-corrected chi connectivity index (χ4v) is 3.55. The van der Waals surface area contributed by atoms with Gasteiger partial charge < -0.3 is 5.32 Å². The van der Waals surface area contributed by atoms with Gasteiger partial charge in [-0.3, -0.25) is 4.79 Å². The summed E-state index contributed by atoms with van der Waals surface area (Å²) in [5.74, 6) is -0.442. The van der Waals surface area contributed by atoms with Crippen LogP contribution in [0.2, 0.25) is 0 Å². The predicted molar refractivity (Wildman–Crippen MR) is 71.3 cm³/mol. The molecule has 0 aromatic carbocycles. The molecule has 1 amide bonds. The maximum Gasteiger partial charge on any atom is 0.261 e. The van der Waals surface area contributed by atoms with E-state index in [9.17, 15) is 13.2 Å². The molecule has 1 aromatic rings. The Morgan fingerprint density at radius 1 is 1.39 bits per heavy atom. The number of rotatable bonds is 4. The van der Waals surface area contributed by atoms with Gasteiger partial charge in [0.05, 0.1) is 10.6 Å². The second-order valence-electron chi connectivity index (χ2n) is 4.39. The zero-order chi connectivity index (χ0) is 13.2. The lowest BCUT2D eigenvalue weighted by Crippen LogP contribution is -2.31. The third-order valence-corrected chi connectivity index (χ3v) is 4.90. The molecule has 0 spiro atoms. The minimum absolute atomic E-state index is 0.0558. The predicted octanol–water partition coefficient (Wildman–Crippen LogP) is 0.645. The molecule has 0 saturated heterocycles. The fraction of sp³-hybridized carbons (Fsp3) is 0.545. The lowest BCUT2D eigenvalue weighted by atomic mass is 9.99. The second kappa shape index (κ2) is 5.38. The topological polar surface area (TPSA) is 89.3 Å². The number of nitrogens with one attached hydrogen (secondary N) is 1. The number of nitrogens with two attached hydrogens (primary N) is 1. The van der Waals surface area contributed by atoms with Crippen molar-refractivity contribution in [2.45, 2.75) is 25.7 Å². The lowest BCUT2D eigenvalue weighted by molar-refractivity contribution is 0.0960. The summed E-state index contributed by atoms with van der Waals surface area (Å²) in [7, 11) is -3.52. The van der Waals surface area contributed by atoms with E-state index in [-0.39, 0.29) is 18.2 Å². The summed E-state index contributed by atoms with van der Waals surface area (Å²) in [5.41, 5.74) is 1.27. The van der Waals surface area contributed by atoms with Crippen LogP contribution in [0.5, 0.6) is 0 Å². The van der Waals surface area contributed by atoms with E-state index in [2.05, 4.69) is 5.32 Å². The highest BCUT2D eigenvalue weighted by Gasteiger charge is 2.17. The molecule has 18 heavy (non-hydrogen) atoms. The third-order valence-electron chi connectivity index (χ3n) is 2.89. The van der Waals surface area contributed by atoms with Crippen molar-refractivity contribution in [2.75, 3.05) is 12.3 Å². The molecule has 7 heteroatoms. The molecule has 2 rings (SSSR count). The lowest BCUT2D eigenvalue weighted by Gasteiger charge is -2.08. The van der Waals surface area contributed by atoms with Gasteiger partial charge in [0.1, 0.15) is 0 Å². The molecule has 1 aliphatic rings. The van der Waals surface area contributed by atoms with E-state index in [0.29, 0.717) is 4.88 Å². The van der Waals surface area contributed by atoms with E-state index in [4.69, 9.17) is 5.14 Å². The van der Waals surface area contributed by atoms with Crippen LogP contribution in [0.3, 0.4) is 0 Å². The average Bonchev–Trinajstić information content (AvgIpc) is 2.70. The summed E-state index contributed by atoms with van der Waals surface area (Å²) >= 11 is 1.51. The van der Waals surface area contributed by atoms with Gasteiger partial charge in [-0.05, 0) is 37.3 Å². The van der Waals surface area contributed by atoms with Crippen LogP contribution in [-0.2, 0) is 22.9 Å². The first-order chi connectivity index (χ1) is 8.46. The van der Waals surface area contributed by atoms with E-state index >= 15 is 0 Å². The average molecular weight is 288 g/mol. The zero-order valence-electron chi connectivity index (χ0n) is 9.94. The monoisotopic (exact) mass is 288 g/mol. The highest BCUT2D eigenvalue weighted by atomic mass is 32.2. The smallest absolute Gasteiger partial charge is 0.261 e. The molecule has 0 bridgehead atoms. The summed E-state index contributed by atoms with van der Waals surface area (Å²) < 4.78 is 21.5. The van der Waals surface area contributed by atoms with E-state index in [0.717, 1.165) is 12.8 Å². The van der Waals surface area contributed by atoms with Gasteiger partial charge in [-0.1, -0.05) is 0 Å². The molecule has 0 radical (unpaired) electrons. The van der Waals surface area contributed by atoms with Crippen LogP contribution >= 0.6 is 11.3 Å². The van der Waals surface area contributed by atoms with E-state index in [1.165, 1.54) is 34.6 Å². The van der Waals surface area contributed by atoms with Gasteiger partial charge in [0.15, 0.2) is 0 Å². The number of carbonyl (C=O) groups excluding carboxylic acids is 1. The van der Waals surface area contributed by atoms with Crippen molar-refractivity contribution in [1.29, 1.82) is 0 Å². The van der Waals surface area contributed by atoms with Crippen LogP contribution in [0, 0.1) is 0 Å². The molecule has 1 aliphatic carbocycles. The highest BCUT2D eigenvalue weighted by Crippen LogP contribution is 2.29. The van der Waals surface area contributed by atoms with Crippen LogP contribution in [-0.4, -0.2) is 26.6 Å². The van der Waals surface area contributed by atoms with Gasteiger partial charge in [-0.2, -0.15) is 0 Å². The Balaban J connectivity index is 1.95.